The lowest BCUT2D eigenvalue weighted by Gasteiger charge is -2.24. The molecule has 0 unspecified atom stereocenters. The fourth-order valence-electron chi connectivity index (χ4n) is 3.40. The van der Waals surface area contributed by atoms with Crippen LogP contribution < -0.4 is 0 Å². The molecule has 0 fully saturated rings. The summed E-state index contributed by atoms with van der Waals surface area (Å²) in [5, 5.41) is 28.9. The lowest BCUT2D eigenvalue weighted by molar-refractivity contribution is -0.385. The van der Waals surface area contributed by atoms with Gasteiger partial charge in [-0.05, 0) is 37.7 Å². The number of nitriles is 1. The van der Waals surface area contributed by atoms with Crippen molar-refractivity contribution in [1.29, 1.82) is 5.26 Å². The van der Waals surface area contributed by atoms with Crippen molar-refractivity contribution in [2.24, 2.45) is 5.10 Å². The van der Waals surface area contributed by atoms with Crippen molar-refractivity contribution in [3.8, 4) is 6.07 Å². The molecule has 0 aliphatic carbocycles. The number of sulfonamides is 1. The summed E-state index contributed by atoms with van der Waals surface area (Å²) in [7, 11) is -4.19. The van der Waals surface area contributed by atoms with E-state index in [9.17, 15) is 23.8 Å². The van der Waals surface area contributed by atoms with E-state index in [1.165, 1.54) is 24.5 Å². The number of hydrogen-bond acceptors (Lipinski definition) is 8. The number of likely N-dealkylation sites (N-methyl/N-ethyl adjacent to an activating group) is 1. The number of aryl methyl sites for hydroxylation is 1. The van der Waals surface area contributed by atoms with Crippen LogP contribution in [0.1, 0.15) is 30.5 Å². The van der Waals surface area contributed by atoms with Gasteiger partial charge in [0.25, 0.3) is 15.7 Å². The normalized spacial score (nSPS) is 11.9. The summed E-state index contributed by atoms with van der Waals surface area (Å²) in [4.78, 5) is 12.5. The summed E-state index contributed by atoms with van der Waals surface area (Å²) in [6.45, 7) is 7.46. The first-order chi connectivity index (χ1) is 16.2. The Hall–Kier alpha value is -3.82. The van der Waals surface area contributed by atoms with E-state index >= 15 is 0 Å². The lowest BCUT2D eigenvalue weighted by Crippen LogP contribution is -2.36. The quantitative estimate of drug-likeness (QED) is 0.246. The monoisotopic (exact) mass is 483 g/mol. The van der Waals surface area contributed by atoms with Crippen molar-refractivity contribution < 1.29 is 13.3 Å². The topological polar surface area (TPSA) is 137 Å². The standard InChI is InChI=1S/C22H25N7O4S/c1-4-26(5-2)10-11-28(34(32,33)22-13-20(29(30)31)7-6-17(22)3)25-16-19-15-24-27-9-8-18(14-23)12-21(19)27/h6-9,12-13,15-16H,4-5,10-11H2,1-3H3/b25-16-. The number of fused-ring (bicyclic) bond motifs is 1. The second-order valence-electron chi connectivity index (χ2n) is 7.49. The van der Waals surface area contributed by atoms with Gasteiger partial charge in [-0.2, -0.15) is 28.3 Å². The Balaban J connectivity index is 2.05. The summed E-state index contributed by atoms with van der Waals surface area (Å²) < 4.78 is 29.6. The van der Waals surface area contributed by atoms with E-state index in [0.29, 0.717) is 28.8 Å². The molecular formula is C22H25N7O4S. The molecule has 12 heteroatoms. The van der Waals surface area contributed by atoms with E-state index in [0.717, 1.165) is 23.6 Å². The second-order valence-corrected chi connectivity index (χ2v) is 9.30. The maximum Gasteiger partial charge on any atom is 0.279 e. The van der Waals surface area contributed by atoms with Crippen molar-refractivity contribution in [3.63, 3.8) is 0 Å². The van der Waals surface area contributed by atoms with Gasteiger partial charge in [0.2, 0.25) is 0 Å². The first kappa shape index (κ1) is 24.8. The summed E-state index contributed by atoms with van der Waals surface area (Å²) in [6.07, 6.45) is 4.52. The molecule has 0 aliphatic rings. The Kier molecular flexibility index (Phi) is 7.60. The fourth-order valence-corrected chi connectivity index (χ4v) is 4.86. The van der Waals surface area contributed by atoms with Crippen LogP contribution in [0.5, 0.6) is 0 Å². The molecule has 0 aliphatic heterocycles. The van der Waals surface area contributed by atoms with Crippen LogP contribution in [0.2, 0.25) is 0 Å². The molecule has 3 rings (SSSR count). The number of nitrogens with zero attached hydrogens (tertiary/aromatic N) is 7. The molecule has 178 valence electrons. The number of rotatable bonds is 10. The van der Waals surface area contributed by atoms with E-state index < -0.39 is 14.9 Å². The molecule has 2 aromatic heterocycles. The third kappa shape index (κ3) is 5.22. The number of pyridine rings is 1. The molecule has 0 N–H and O–H groups in total. The summed E-state index contributed by atoms with van der Waals surface area (Å²) in [5.74, 6) is 0. The zero-order valence-electron chi connectivity index (χ0n) is 19.1. The molecule has 0 spiro atoms. The van der Waals surface area contributed by atoms with Crippen molar-refractivity contribution in [2.45, 2.75) is 25.7 Å². The third-order valence-electron chi connectivity index (χ3n) is 5.45. The zero-order valence-corrected chi connectivity index (χ0v) is 19.9. The van der Waals surface area contributed by atoms with Crippen LogP contribution >= 0.6 is 0 Å². The van der Waals surface area contributed by atoms with Gasteiger partial charge in [0.15, 0.2) is 0 Å². The van der Waals surface area contributed by atoms with E-state index in [-0.39, 0.29) is 17.1 Å². The molecule has 0 saturated heterocycles. The highest BCUT2D eigenvalue weighted by Crippen LogP contribution is 2.25. The number of benzene rings is 1. The van der Waals surface area contributed by atoms with Crippen LogP contribution in [-0.2, 0) is 10.0 Å². The number of non-ortho nitro benzene ring substituents is 1. The van der Waals surface area contributed by atoms with Crippen molar-refractivity contribution in [2.75, 3.05) is 26.2 Å². The predicted molar refractivity (Wildman–Crippen MR) is 127 cm³/mol. The molecule has 0 saturated carbocycles. The molecule has 1 aromatic carbocycles. The molecule has 0 radical (unpaired) electrons. The molecule has 0 bridgehead atoms. The fraction of sp³-hybridized carbons (Fsp3) is 0.318. The zero-order chi connectivity index (χ0) is 24.9. The van der Waals surface area contributed by atoms with Gasteiger partial charge < -0.3 is 4.90 Å². The van der Waals surface area contributed by atoms with Gasteiger partial charge in [-0.1, -0.05) is 19.9 Å². The van der Waals surface area contributed by atoms with Gasteiger partial charge in [-0.25, -0.2) is 4.52 Å². The number of aromatic nitrogens is 2. The van der Waals surface area contributed by atoms with Crippen LogP contribution in [0, 0.1) is 28.4 Å². The first-order valence-corrected chi connectivity index (χ1v) is 12.1. The maximum atomic E-state index is 13.5. The largest absolute Gasteiger partial charge is 0.302 e. The van der Waals surface area contributed by atoms with Crippen molar-refractivity contribution in [1.82, 2.24) is 18.9 Å². The first-order valence-electron chi connectivity index (χ1n) is 10.6. The minimum Gasteiger partial charge on any atom is -0.302 e. The van der Waals surface area contributed by atoms with E-state index in [1.807, 2.05) is 18.7 Å². The maximum absolute atomic E-state index is 13.5. The highest BCUT2D eigenvalue weighted by molar-refractivity contribution is 7.89. The Morgan fingerprint density at radius 2 is 1.97 bits per heavy atom. The van der Waals surface area contributed by atoms with Gasteiger partial charge in [0, 0.05) is 30.4 Å². The minimum atomic E-state index is -4.19. The number of nitro groups is 1. The molecular weight excluding hydrogens is 458 g/mol. The minimum absolute atomic E-state index is 0.0469. The Morgan fingerprint density at radius 1 is 1.24 bits per heavy atom. The summed E-state index contributed by atoms with van der Waals surface area (Å²) >= 11 is 0. The lowest BCUT2D eigenvalue weighted by atomic mass is 10.2. The second kappa shape index (κ2) is 10.4. The molecule has 3 aromatic rings. The van der Waals surface area contributed by atoms with Gasteiger partial charge in [0.1, 0.15) is 0 Å². The third-order valence-corrected chi connectivity index (χ3v) is 7.27. The molecule has 2 heterocycles. The summed E-state index contributed by atoms with van der Waals surface area (Å²) in [5.41, 5.74) is 1.61. The SMILES string of the molecule is CCN(CC)CCN(/N=C\c1cnn2ccc(C#N)cc12)S(=O)(=O)c1cc([N+](=O)[O-])ccc1C. The molecule has 0 atom stereocenters. The number of hydrogen-bond donors (Lipinski definition) is 0. The van der Waals surface area contributed by atoms with E-state index in [1.54, 1.807) is 29.8 Å². The Bertz CT molecular complexity index is 1370. The predicted octanol–water partition coefficient (Wildman–Crippen LogP) is 2.79. The van der Waals surface area contributed by atoms with Gasteiger partial charge in [-0.3, -0.25) is 10.1 Å². The Labute approximate surface area is 197 Å². The highest BCUT2D eigenvalue weighted by atomic mass is 32.2. The highest BCUT2D eigenvalue weighted by Gasteiger charge is 2.27. The molecule has 34 heavy (non-hydrogen) atoms. The average Bonchev–Trinajstić information content (AvgIpc) is 3.23. The number of nitro benzene ring substituents is 1. The smallest absolute Gasteiger partial charge is 0.279 e. The summed E-state index contributed by atoms with van der Waals surface area (Å²) in [6, 6.07) is 9.04. The molecule has 0 amide bonds. The van der Waals surface area contributed by atoms with Crippen LogP contribution in [0.3, 0.4) is 0 Å². The van der Waals surface area contributed by atoms with Crippen LogP contribution in [-0.4, -0.2) is 64.7 Å². The van der Waals surface area contributed by atoms with Crippen LogP contribution in [0.15, 0.2) is 52.7 Å². The van der Waals surface area contributed by atoms with Crippen molar-refractivity contribution >= 4 is 27.4 Å². The van der Waals surface area contributed by atoms with Crippen LogP contribution in [0.4, 0.5) is 5.69 Å². The van der Waals surface area contributed by atoms with Gasteiger partial charge >= 0.3 is 0 Å². The molecule has 11 nitrogen and oxygen atoms in total. The van der Waals surface area contributed by atoms with Crippen LogP contribution in [0.25, 0.3) is 5.52 Å². The average molecular weight is 484 g/mol. The van der Waals surface area contributed by atoms with Gasteiger partial charge in [0.05, 0.1) is 45.9 Å². The van der Waals surface area contributed by atoms with E-state index in [4.69, 9.17) is 0 Å². The Morgan fingerprint density at radius 3 is 2.62 bits per heavy atom. The van der Waals surface area contributed by atoms with E-state index in [2.05, 4.69) is 16.3 Å². The number of hydrazone groups is 1. The van der Waals surface area contributed by atoms with Gasteiger partial charge in [-0.15, -0.1) is 0 Å². The van der Waals surface area contributed by atoms with Crippen molar-refractivity contribution in [3.05, 3.63) is 69.5 Å².